The van der Waals surface area contributed by atoms with Gasteiger partial charge in [-0.3, -0.25) is 14.1 Å². The van der Waals surface area contributed by atoms with E-state index in [1.165, 1.54) is 11.1 Å². The van der Waals surface area contributed by atoms with E-state index in [-0.39, 0.29) is 5.69 Å². The molecule has 0 amide bonds. The first-order valence-electron chi connectivity index (χ1n) is 13.6. The minimum atomic E-state index is -0.0139. The van der Waals surface area contributed by atoms with Gasteiger partial charge in [0, 0.05) is 29.2 Å². The van der Waals surface area contributed by atoms with Crippen LogP contribution in [-0.2, 0) is 13.0 Å². The summed E-state index contributed by atoms with van der Waals surface area (Å²) in [4.78, 5) is 18.7. The first-order valence-corrected chi connectivity index (χ1v) is 13.6. The van der Waals surface area contributed by atoms with Gasteiger partial charge in [0.15, 0.2) is 0 Å². The second kappa shape index (κ2) is 11.2. The van der Waals surface area contributed by atoms with E-state index in [1.54, 1.807) is 0 Å². The highest BCUT2D eigenvalue weighted by molar-refractivity contribution is 5.78. The molecular formula is C31H35N7O. The zero-order valence-corrected chi connectivity index (χ0v) is 23.2. The van der Waals surface area contributed by atoms with E-state index < -0.39 is 0 Å². The molecule has 8 heteroatoms. The molecule has 5 rings (SSSR count). The van der Waals surface area contributed by atoms with Gasteiger partial charge >= 0.3 is 5.69 Å². The Balaban J connectivity index is 1.53. The van der Waals surface area contributed by atoms with Crippen LogP contribution in [0.1, 0.15) is 75.3 Å². The van der Waals surface area contributed by atoms with Crippen molar-refractivity contribution < 1.29 is 0 Å². The molecule has 39 heavy (non-hydrogen) atoms. The summed E-state index contributed by atoms with van der Waals surface area (Å²) >= 11 is 0. The maximum Gasteiger partial charge on any atom is 0.333 e. The Morgan fingerprint density at radius 2 is 1.62 bits per heavy atom. The average Bonchev–Trinajstić information content (AvgIpc) is 3.58. The molecule has 0 spiro atoms. The number of H-pyrrole nitrogens is 1. The van der Waals surface area contributed by atoms with Gasteiger partial charge < -0.3 is 0 Å². The second-order valence-corrected chi connectivity index (χ2v) is 10.5. The quantitative estimate of drug-likeness (QED) is 0.252. The first-order chi connectivity index (χ1) is 18.9. The third-order valence-electron chi connectivity index (χ3n) is 7.11. The number of rotatable bonds is 9. The fraction of sp³-hybridized carbons (Fsp3) is 0.323. The SMILES string of the molecule is CCCc1cn(-c2c(C(C)C)cccc2C(C)C)c(=O)n1Cc1ccc(-c2ccccc2-c2nn[nH]n2)nc1. The number of hydrogen-bond donors (Lipinski definition) is 1. The predicted octanol–water partition coefficient (Wildman–Crippen LogP) is 6.13. The normalized spacial score (nSPS) is 11.6. The molecular weight excluding hydrogens is 486 g/mol. The number of pyridine rings is 1. The van der Waals surface area contributed by atoms with Crippen molar-refractivity contribution in [2.75, 3.05) is 0 Å². The van der Waals surface area contributed by atoms with Gasteiger partial charge in [0.05, 0.1) is 17.9 Å². The van der Waals surface area contributed by atoms with E-state index in [9.17, 15) is 4.79 Å². The van der Waals surface area contributed by atoms with Crippen LogP contribution in [-0.4, -0.2) is 34.7 Å². The van der Waals surface area contributed by atoms with Crippen LogP contribution in [0.2, 0.25) is 0 Å². The zero-order valence-electron chi connectivity index (χ0n) is 23.2. The maximum absolute atomic E-state index is 14.0. The summed E-state index contributed by atoms with van der Waals surface area (Å²) < 4.78 is 3.77. The first kappa shape index (κ1) is 26.3. The molecule has 0 saturated carbocycles. The van der Waals surface area contributed by atoms with E-state index in [4.69, 9.17) is 4.98 Å². The number of tetrazole rings is 1. The Kier molecular flexibility index (Phi) is 7.54. The van der Waals surface area contributed by atoms with Gasteiger partial charge in [0.25, 0.3) is 0 Å². The summed E-state index contributed by atoms with van der Waals surface area (Å²) in [6, 6.07) is 18.3. The molecule has 8 nitrogen and oxygen atoms in total. The van der Waals surface area contributed by atoms with E-state index >= 15 is 0 Å². The Bertz CT molecular complexity index is 1580. The van der Waals surface area contributed by atoms with Crippen LogP contribution in [0.25, 0.3) is 28.3 Å². The van der Waals surface area contributed by atoms with Crippen LogP contribution < -0.4 is 5.69 Å². The van der Waals surface area contributed by atoms with E-state index in [0.29, 0.717) is 24.2 Å². The number of nitrogens with one attached hydrogen (secondary N) is 1. The lowest BCUT2D eigenvalue weighted by molar-refractivity contribution is 0.686. The van der Waals surface area contributed by atoms with Crippen LogP contribution in [0.4, 0.5) is 0 Å². The maximum atomic E-state index is 14.0. The largest absolute Gasteiger partial charge is 0.333 e. The lowest BCUT2D eigenvalue weighted by Crippen LogP contribution is -2.26. The van der Waals surface area contributed by atoms with E-state index in [1.807, 2.05) is 57.9 Å². The molecule has 0 radical (unpaired) electrons. The van der Waals surface area contributed by atoms with Crippen molar-refractivity contribution in [3.05, 3.63) is 99.9 Å². The van der Waals surface area contributed by atoms with Crippen molar-refractivity contribution in [3.8, 4) is 28.3 Å². The molecule has 3 heterocycles. The number of nitrogens with zero attached hydrogens (tertiary/aromatic N) is 6. The number of aryl methyl sites for hydroxylation is 1. The Labute approximate surface area is 228 Å². The lowest BCUT2D eigenvalue weighted by atomic mass is 9.92. The molecule has 0 bridgehead atoms. The second-order valence-electron chi connectivity index (χ2n) is 10.5. The zero-order chi connectivity index (χ0) is 27.5. The average molecular weight is 522 g/mol. The molecule has 0 aliphatic carbocycles. The third-order valence-corrected chi connectivity index (χ3v) is 7.11. The number of imidazole rings is 1. The molecule has 5 aromatic rings. The van der Waals surface area contributed by atoms with Crippen molar-refractivity contribution in [2.24, 2.45) is 0 Å². The minimum absolute atomic E-state index is 0.0139. The van der Waals surface area contributed by atoms with Crippen molar-refractivity contribution in [3.63, 3.8) is 0 Å². The van der Waals surface area contributed by atoms with Gasteiger partial charge in [0.2, 0.25) is 5.82 Å². The lowest BCUT2D eigenvalue weighted by Gasteiger charge is -2.19. The van der Waals surface area contributed by atoms with E-state index in [0.717, 1.165) is 46.6 Å². The summed E-state index contributed by atoms with van der Waals surface area (Å²) in [6.07, 6.45) is 5.67. The Hall–Kier alpha value is -4.33. The van der Waals surface area contributed by atoms with Gasteiger partial charge in [-0.2, -0.15) is 5.21 Å². The predicted molar refractivity (Wildman–Crippen MR) is 154 cm³/mol. The Morgan fingerprint density at radius 1 is 0.897 bits per heavy atom. The van der Waals surface area contributed by atoms with Gasteiger partial charge in [-0.1, -0.05) is 89.6 Å². The Morgan fingerprint density at radius 3 is 2.21 bits per heavy atom. The topological polar surface area (TPSA) is 94.3 Å². The van der Waals surface area contributed by atoms with Gasteiger partial charge in [-0.15, -0.1) is 10.2 Å². The summed E-state index contributed by atoms with van der Waals surface area (Å²) in [6.45, 7) is 11.3. The van der Waals surface area contributed by atoms with Gasteiger partial charge in [-0.25, -0.2) is 4.79 Å². The summed E-state index contributed by atoms with van der Waals surface area (Å²) in [5.74, 6) is 1.13. The number of aromatic amines is 1. The highest BCUT2D eigenvalue weighted by Crippen LogP contribution is 2.31. The molecule has 0 atom stereocenters. The van der Waals surface area contributed by atoms with Gasteiger partial charge in [-0.05, 0) is 46.2 Å². The fourth-order valence-corrected chi connectivity index (χ4v) is 5.14. The molecule has 0 aliphatic rings. The molecule has 0 unspecified atom stereocenters. The fourth-order valence-electron chi connectivity index (χ4n) is 5.14. The van der Waals surface area contributed by atoms with Crippen molar-refractivity contribution in [1.82, 2.24) is 34.7 Å². The van der Waals surface area contributed by atoms with Gasteiger partial charge in [0.1, 0.15) is 0 Å². The molecule has 0 aliphatic heterocycles. The van der Waals surface area contributed by atoms with Crippen LogP contribution >= 0.6 is 0 Å². The van der Waals surface area contributed by atoms with Crippen LogP contribution in [0, 0.1) is 0 Å². The van der Waals surface area contributed by atoms with Crippen molar-refractivity contribution >= 4 is 0 Å². The molecule has 2 aromatic carbocycles. The number of hydrogen-bond acceptors (Lipinski definition) is 5. The van der Waals surface area contributed by atoms with Crippen LogP contribution in [0.5, 0.6) is 0 Å². The molecule has 3 aromatic heterocycles. The smallest absolute Gasteiger partial charge is 0.292 e. The van der Waals surface area contributed by atoms with E-state index in [2.05, 4.69) is 73.4 Å². The standard InChI is InChI=1S/C31H35N7O/c1-6-10-23-19-38(29-24(20(2)3)13-9-14-25(29)21(4)5)31(39)37(23)18-22-15-16-28(32-17-22)26-11-7-8-12-27(26)30-33-35-36-34-30/h7-9,11-17,19-21H,6,10,18H2,1-5H3,(H,33,34,35,36). The van der Waals surface area contributed by atoms with Crippen molar-refractivity contribution in [1.29, 1.82) is 0 Å². The number of benzene rings is 2. The van der Waals surface area contributed by atoms with Crippen LogP contribution in [0.3, 0.4) is 0 Å². The highest BCUT2D eigenvalue weighted by atomic mass is 16.1. The number of para-hydroxylation sites is 1. The minimum Gasteiger partial charge on any atom is -0.292 e. The molecule has 0 saturated heterocycles. The summed E-state index contributed by atoms with van der Waals surface area (Å²) in [5.41, 5.74) is 7.98. The highest BCUT2D eigenvalue weighted by Gasteiger charge is 2.20. The molecule has 1 N–H and O–H groups in total. The molecule has 0 fully saturated rings. The monoisotopic (exact) mass is 521 g/mol. The van der Waals surface area contributed by atoms with Crippen molar-refractivity contribution in [2.45, 2.75) is 65.8 Å². The molecule has 200 valence electrons. The third kappa shape index (κ3) is 5.19. The summed E-state index contributed by atoms with van der Waals surface area (Å²) in [7, 11) is 0. The van der Waals surface area contributed by atoms with Crippen LogP contribution in [0.15, 0.2) is 71.8 Å². The summed E-state index contributed by atoms with van der Waals surface area (Å²) in [5, 5.41) is 14.5. The number of aromatic nitrogens is 7.